The Bertz CT molecular complexity index is 735. The molecule has 1 atom stereocenters. The van der Waals surface area contributed by atoms with Gasteiger partial charge in [0.25, 0.3) is 5.91 Å². The molecule has 1 unspecified atom stereocenters. The lowest BCUT2D eigenvalue weighted by Crippen LogP contribution is -2.25. The van der Waals surface area contributed by atoms with Crippen LogP contribution in [0.15, 0.2) is 24.8 Å². The van der Waals surface area contributed by atoms with Crippen molar-refractivity contribution in [1.29, 1.82) is 0 Å². The first kappa shape index (κ1) is 17.3. The van der Waals surface area contributed by atoms with E-state index >= 15 is 0 Å². The van der Waals surface area contributed by atoms with Gasteiger partial charge in [-0.2, -0.15) is 0 Å². The summed E-state index contributed by atoms with van der Waals surface area (Å²) >= 11 is 0. The largest absolute Gasteiger partial charge is 0.357 e. The first-order valence-electron chi connectivity index (χ1n) is 8.72. The minimum Gasteiger partial charge on any atom is -0.357 e. The molecule has 0 aliphatic carbocycles. The standard InChI is InChI=1S/C18H24N6O/c1-13-8-17(23-11-20-13)24-6-3-4-14(5-7-24)9-15-10-16(18(25)19-2)22-12-21-15/h8,10-12,14H,3-7,9H2,1-2H3,(H,19,25). The number of hydrogen-bond acceptors (Lipinski definition) is 6. The summed E-state index contributed by atoms with van der Waals surface area (Å²) in [6.45, 7) is 3.99. The van der Waals surface area contributed by atoms with Crippen LogP contribution >= 0.6 is 0 Å². The van der Waals surface area contributed by atoms with Gasteiger partial charge in [-0.3, -0.25) is 4.79 Å². The molecule has 0 radical (unpaired) electrons. The fourth-order valence-electron chi connectivity index (χ4n) is 3.27. The summed E-state index contributed by atoms with van der Waals surface area (Å²) in [5, 5.41) is 2.60. The maximum atomic E-state index is 11.7. The number of aromatic nitrogens is 4. The number of carbonyl (C=O) groups excluding carboxylic acids is 1. The van der Waals surface area contributed by atoms with Crippen molar-refractivity contribution in [3.8, 4) is 0 Å². The molecule has 25 heavy (non-hydrogen) atoms. The van der Waals surface area contributed by atoms with E-state index in [-0.39, 0.29) is 5.91 Å². The van der Waals surface area contributed by atoms with E-state index in [1.54, 1.807) is 19.4 Å². The van der Waals surface area contributed by atoms with Gasteiger partial charge in [-0.15, -0.1) is 0 Å². The van der Waals surface area contributed by atoms with Crippen LogP contribution in [0.25, 0.3) is 0 Å². The second kappa shape index (κ2) is 8.00. The molecule has 132 valence electrons. The quantitative estimate of drug-likeness (QED) is 0.913. The Morgan fingerprint density at radius 1 is 1.16 bits per heavy atom. The van der Waals surface area contributed by atoms with E-state index in [4.69, 9.17) is 0 Å². The van der Waals surface area contributed by atoms with Crippen LogP contribution in [0.5, 0.6) is 0 Å². The Hall–Kier alpha value is -2.57. The van der Waals surface area contributed by atoms with E-state index < -0.39 is 0 Å². The number of aryl methyl sites for hydroxylation is 1. The summed E-state index contributed by atoms with van der Waals surface area (Å²) in [4.78, 5) is 31.0. The molecular formula is C18H24N6O. The summed E-state index contributed by atoms with van der Waals surface area (Å²) in [6, 6.07) is 3.84. The molecule has 1 aliphatic rings. The molecule has 7 heteroatoms. The molecule has 1 amide bonds. The van der Waals surface area contributed by atoms with Crippen molar-refractivity contribution in [3.05, 3.63) is 41.9 Å². The second-order valence-electron chi connectivity index (χ2n) is 6.48. The average molecular weight is 340 g/mol. The van der Waals surface area contributed by atoms with Crippen molar-refractivity contribution >= 4 is 11.7 Å². The molecule has 2 aromatic heterocycles. The molecule has 0 saturated carbocycles. The van der Waals surface area contributed by atoms with Gasteiger partial charge >= 0.3 is 0 Å². The van der Waals surface area contributed by atoms with Crippen LogP contribution in [0.3, 0.4) is 0 Å². The summed E-state index contributed by atoms with van der Waals surface area (Å²) in [5.41, 5.74) is 2.36. The molecule has 3 heterocycles. The van der Waals surface area contributed by atoms with Crippen LogP contribution in [0, 0.1) is 12.8 Å². The van der Waals surface area contributed by atoms with Crippen LogP contribution in [-0.4, -0.2) is 46.0 Å². The predicted molar refractivity (Wildman–Crippen MR) is 95.4 cm³/mol. The monoisotopic (exact) mass is 340 g/mol. The number of rotatable bonds is 4. The maximum Gasteiger partial charge on any atom is 0.269 e. The molecule has 0 bridgehead atoms. The lowest BCUT2D eigenvalue weighted by molar-refractivity contribution is 0.0958. The van der Waals surface area contributed by atoms with Crippen molar-refractivity contribution in [1.82, 2.24) is 25.3 Å². The number of carbonyl (C=O) groups is 1. The molecule has 0 spiro atoms. The highest BCUT2D eigenvalue weighted by Crippen LogP contribution is 2.24. The Kier molecular flexibility index (Phi) is 5.53. The molecule has 2 aromatic rings. The second-order valence-corrected chi connectivity index (χ2v) is 6.48. The van der Waals surface area contributed by atoms with E-state index in [2.05, 4.69) is 30.2 Å². The Morgan fingerprint density at radius 2 is 2.00 bits per heavy atom. The van der Waals surface area contributed by atoms with Crippen LogP contribution in [0.1, 0.15) is 41.1 Å². The third kappa shape index (κ3) is 4.49. The van der Waals surface area contributed by atoms with Crippen molar-refractivity contribution in [3.63, 3.8) is 0 Å². The number of nitrogens with one attached hydrogen (secondary N) is 1. The van der Waals surface area contributed by atoms with Gasteiger partial charge in [-0.25, -0.2) is 19.9 Å². The normalized spacial score (nSPS) is 17.8. The lowest BCUT2D eigenvalue weighted by atomic mass is 9.95. The highest BCUT2D eigenvalue weighted by molar-refractivity contribution is 5.91. The smallest absolute Gasteiger partial charge is 0.269 e. The van der Waals surface area contributed by atoms with Crippen LogP contribution in [0.2, 0.25) is 0 Å². The molecule has 1 N–H and O–H groups in total. The van der Waals surface area contributed by atoms with Gasteiger partial charge in [0.15, 0.2) is 0 Å². The maximum absolute atomic E-state index is 11.7. The third-order valence-electron chi connectivity index (χ3n) is 4.64. The van der Waals surface area contributed by atoms with E-state index in [0.717, 1.165) is 56.0 Å². The van der Waals surface area contributed by atoms with Crippen LogP contribution in [0.4, 0.5) is 5.82 Å². The Balaban J connectivity index is 1.63. The fourth-order valence-corrected chi connectivity index (χ4v) is 3.27. The Morgan fingerprint density at radius 3 is 2.80 bits per heavy atom. The van der Waals surface area contributed by atoms with Gasteiger partial charge in [0.1, 0.15) is 24.2 Å². The molecule has 1 saturated heterocycles. The first-order chi connectivity index (χ1) is 12.2. The summed E-state index contributed by atoms with van der Waals surface area (Å²) in [6.07, 6.45) is 7.35. The topological polar surface area (TPSA) is 83.9 Å². The number of nitrogens with zero attached hydrogens (tertiary/aromatic N) is 5. The van der Waals surface area contributed by atoms with E-state index in [1.807, 2.05) is 13.0 Å². The number of anilines is 1. The Labute approximate surface area is 147 Å². The van der Waals surface area contributed by atoms with Crippen molar-refractivity contribution < 1.29 is 4.79 Å². The fraction of sp³-hybridized carbons (Fsp3) is 0.500. The third-order valence-corrected chi connectivity index (χ3v) is 4.64. The summed E-state index contributed by atoms with van der Waals surface area (Å²) in [7, 11) is 1.61. The molecular weight excluding hydrogens is 316 g/mol. The lowest BCUT2D eigenvalue weighted by Gasteiger charge is -2.21. The zero-order valence-electron chi connectivity index (χ0n) is 14.8. The van der Waals surface area contributed by atoms with Crippen molar-refractivity contribution in [2.45, 2.75) is 32.6 Å². The van der Waals surface area contributed by atoms with Crippen molar-refractivity contribution in [2.24, 2.45) is 5.92 Å². The zero-order chi connectivity index (χ0) is 17.6. The van der Waals surface area contributed by atoms with Crippen LogP contribution < -0.4 is 10.2 Å². The highest BCUT2D eigenvalue weighted by atomic mass is 16.1. The SMILES string of the molecule is CNC(=O)c1cc(CC2CCCN(c3cc(C)ncn3)CC2)ncn1. The first-order valence-corrected chi connectivity index (χ1v) is 8.72. The number of hydrogen-bond donors (Lipinski definition) is 1. The minimum atomic E-state index is -0.171. The zero-order valence-corrected chi connectivity index (χ0v) is 14.8. The molecule has 0 aromatic carbocycles. The van der Waals surface area contributed by atoms with Gasteiger partial charge in [-0.1, -0.05) is 0 Å². The van der Waals surface area contributed by atoms with E-state index in [9.17, 15) is 4.79 Å². The van der Waals surface area contributed by atoms with Gasteiger partial charge in [0, 0.05) is 37.6 Å². The van der Waals surface area contributed by atoms with Crippen LogP contribution in [-0.2, 0) is 6.42 Å². The van der Waals surface area contributed by atoms with Gasteiger partial charge in [0.2, 0.25) is 0 Å². The van der Waals surface area contributed by atoms with Crippen molar-refractivity contribution in [2.75, 3.05) is 25.0 Å². The summed E-state index contributed by atoms with van der Waals surface area (Å²) in [5.74, 6) is 1.40. The molecule has 1 fully saturated rings. The predicted octanol–water partition coefficient (Wildman–Crippen LogP) is 1.78. The summed E-state index contributed by atoms with van der Waals surface area (Å²) < 4.78 is 0. The van der Waals surface area contributed by atoms with Gasteiger partial charge in [-0.05, 0) is 44.6 Å². The molecule has 1 aliphatic heterocycles. The van der Waals surface area contributed by atoms with Gasteiger partial charge < -0.3 is 10.2 Å². The van der Waals surface area contributed by atoms with Gasteiger partial charge in [0.05, 0.1) is 0 Å². The van der Waals surface area contributed by atoms with E-state index in [1.165, 1.54) is 6.33 Å². The van der Waals surface area contributed by atoms with E-state index in [0.29, 0.717) is 11.6 Å². The minimum absolute atomic E-state index is 0.171. The number of amides is 1. The average Bonchev–Trinajstić information content (AvgIpc) is 2.87. The molecule has 7 nitrogen and oxygen atoms in total. The highest BCUT2D eigenvalue weighted by Gasteiger charge is 2.19. The molecule has 3 rings (SSSR count).